The van der Waals surface area contributed by atoms with E-state index in [1.807, 2.05) is 0 Å². The number of hydrogen-bond donors (Lipinski definition) is 1. The van der Waals surface area contributed by atoms with Crippen molar-refractivity contribution < 1.29 is 4.74 Å². The molecule has 0 radical (unpaired) electrons. The first-order chi connectivity index (χ1) is 9.31. The van der Waals surface area contributed by atoms with Gasteiger partial charge in [-0.25, -0.2) is 0 Å². The smallest absolute Gasteiger partial charge is 0.0701 e. The Bertz CT molecular complexity index is 281. The molecule has 3 aliphatic rings. The van der Waals surface area contributed by atoms with Crippen molar-refractivity contribution in [2.24, 2.45) is 11.8 Å². The Balaban J connectivity index is 1.58. The lowest BCUT2D eigenvalue weighted by atomic mass is 9.73. The first-order valence-corrected chi connectivity index (χ1v) is 9.36. The van der Waals surface area contributed by atoms with Crippen LogP contribution >= 0.6 is 11.8 Å². The summed E-state index contributed by atoms with van der Waals surface area (Å²) in [4.78, 5) is 0. The Hall–Kier alpha value is 0.270. The van der Waals surface area contributed by atoms with Gasteiger partial charge in [0.2, 0.25) is 0 Å². The molecule has 0 aromatic carbocycles. The summed E-state index contributed by atoms with van der Waals surface area (Å²) in [5.41, 5.74) is 0.253. The van der Waals surface area contributed by atoms with Crippen LogP contribution < -0.4 is 5.32 Å². The average molecular weight is 283 g/mol. The standard InChI is InChI=1S/C16H29NOS/c1-17-15(11-13-3-2-4-13)14-5-8-18-16(12-14)6-9-19-10-7-16/h13-15,17H,2-12H2,1H3. The minimum atomic E-state index is 0.253. The van der Waals surface area contributed by atoms with Crippen molar-refractivity contribution in [3.05, 3.63) is 0 Å². The lowest BCUT2D eigenvalue weighted by Gasteiger charge is -2.46. The van der Waals surface area contributed by atoms with Crippen LogP contribution in [0.2, 0.25) is 0 Å². The van der Waals surface area contributed by atoms with E-state index in [-0.39, 0.29) is 5.60 Å². The van der Waals surface area contributed by atoms with Crippen LogP contribution in [0.4, 0.5) is 0 Å². The highest BCUT2D eigenvalue weighted by atomic mass is 32.2. The van der Waals surface area contributed by atoms with Crippen LogP contribution in [0.5, 0.6) is 0 Å². The van der Waals surface area contributed by atoms with Gasteiger partial charge in [-0.1, -0.05) is 19.3 Å². The van der Waals surface area contributed by atoms with Crippen LogP contribution in [-0.4, -0.2) is 36.8 Å². The molecule has 0 amide bonds. The zero-order valence-corrected chi connectivity index (χ0v) is 13.1. The summed E-state index contributed by atoms with van der Waals surface area (Å²) in [6.45, 7) is 0.998. The lowest BCUT2D eigenvalue weighted by Crippen LogP contribution is -2.48. The van der Waals surface area contributed by atoms with Crippen LogP contribution in [0, 0.1) is 11.8 Å². The third kappa shape index (κ3) is 3.30. The van der Waals surface area contributed by atoms with Crippen molar-refractivity contribution in [3.8, 4) is 0 Å². The van der Waals surface area contributed by atoms with Crippen LogP contribution in [0.1, 0.15) is 51.4 Å². The van der Waals surface area contributed by atoms with E-state index in [1.54, 1.807) is 0 Å². The maximum absolute atomic E-state index is 6.24. The van der Waals surface area contributed by atoms with Gasteiger partial charge in [0.1, 0.15) is 0 Å². The lowest BCUT2D eigenvalue weighted by molar-refractivity contribution is -0.108. The number of nitrogens with one attached hydrogen (secondary N) is 1. The Morgan fingerprint density at radius 1 is 1.26 bits per heavy atom. The van der Waals surface area contributed by atoms with Crippen molar-refractivity contribution in [1.82, 2.24) is 5.32 Å². The minimum Gasteiger partial charge on any atom is -0.375 e. The van der Waals surface area contributed by atoms with Crippen LogP contribution in [0.15, 0.2) is 0 Å². The maximum Gasteiger partial charge on any atom is 0.0701 e. The van der Waals surface area contributed by atoms with Crippen LogP contribution in [0.3, 0.4) is 0 Å². The SMILES string of the molecule is CNC(CC1CCC1)C1CCOC2(CCSCC2)C1. The summed E-state index contributed by atoms with van der Waals surface area (Å²) >= 11 is 2.11. The molecule has 2 unspecified atom stereocenters. The quantitative estimate of drug-likeness (QED) is 0.854. The summed E-state index contributed by atoms with van der Waals surface area (Å²) in [5.74, 6) is 4.47. The predicted molar refractivity (Wildman–Crippen MR) is 82.8 cm³/mol. The second-order valence-electron chi connectivity index (χ2n) is 6.82. The van der Waals surface area contributed by atoms with E-state index in [4.69, 9.17) is 4.74 Å². The molecule has 110 valence electrons. The number of rotatable bonds is 4. The van der Waals surface area contributed by atoms with Gasteiger partial charge >= 0.3 is 0 Å². The fraction of sp³-hybridized carbons (Fsp3) is 1.00. The second kappa shape index (κ2) is 6.36. The first-order valence-electron chi connectivity index (χ1n) is 8.20. The summed E-state index contributed by atoms with van der Waals surface area (Å²) in [6, 6.07) is 0.737. The Morgan fingerprint density at radius 2 is 2.05 bits per heavy atom. The molecule has 0 bridgehead atoms. The van der Waals surface area contributed by atoms with Gasteiger partial charge < -0.3 is 10.1 Å². The molecular weight excluding hydrogens is 254 g/mol. The minimum absolute atomic E-state index is 0.253. The molecular formula is C16H29NOS. The fourth-order valence-corrected chi connectivity index (χ4v) is 5.37. The van der Waals surface area contributed by atoms with E-state index in [9.17, 15) is 0 Å². The fourth-order valence-electron chi connectivity index (χ4n) is 4.13. The van der Waals surface area contributed by atoms with Gasteiger partial charge in [-0.3, -0.25) is 0 Å². The van der Waals surface area contributed by atoms with E-state index in [0.29, 0.717) is 0 Å². The predicted octanol–water partition coefficient (Wildman–Crippen LogP) is 3.46. The average Bonchev–Trinajstić information content (AvgIpc) is 2.39. The Labute approximate surface area is 122 Å². The summed E-state index contributed by atoms with van der Waals surface area (Å²) in [5, 5.41) is 3.63. The molecule has 1 spiro atoms. The highest BCUT2D eigenvalue weighted by Crippen LogP contribution is 2.42. The molecule has 1 aliphatic carbocycles. The third-order valence-electron chi connectivity index (χ3n) is 5.69. The summed E-state index contributed by atoms with van der Waals surface area (Å²) in [6.07, 6.45) is 11.0. The zero-order valence-electron chi connectivity index (χ0n) is 12.3. The van der Waals surface area contributed by atoms with Gasteiger partial charge in [0.05, 0.1) is 5.60 Å². The van der Waals surface area contributed by atoms with Crippen LogP contribution in [0.25, 0.3) is 0 Å². The van der Waals surface area contributed by atoms with E-state index in [0.717, 1.165) is 24.5 Å². The molecule has 3 fully saturated rings. The topological polar surface area (TPSA) is 21.3 Å². The zero-order chi connectivity index (χ0) is 13.1. The highest BCUT2D eigenvalue weighted by molar-refractivity contribution is 7.99. The monoisotopic (exact) mass is 283 g/mol. The van der Waals surface area contributed by atoms with Crippen molar-refractivity contribution in [2.45, 2.75) is 63.0 Å². The second-order valence-corrected chi connectivity index (χ2v) is 8.05. The summed E-state index contributed by atoms with van der Waals surface area (Å²) < 4.78 is 6.24. The molecule has 1 saturated carbocycles. The van der Waals surface area contributed by atoms with Gasteiger partial charge in [-0.05, 0) is 62.5 Å². The van der Waals surface area contributed by atoms with Crippen molar-refractivity contribution >= 4 is 11.8 Å². The largest absolute Gasteiger partial charge is 0.375 e. The highest BCUT2D eigenvalue weighted by Gasteiger charge is 2.41. The number of hydrogen-bond acceptors (Lipinski definition) is 3. The normalized spacial score (nSPS) is 33.0. The van der Waals surface area contributed by atoms with Crippen LogP contribution in [-0.2, 0) is 4.74 Å². The summed E-state index contributed by atoms with van der Waals surface area (Å²) in [7, 11) is 2.17. The molecule has 0 aromatic rings. The van der Waals surface area contributed by atoms with E-state index >= 15 is 0 Å². The maximum atomic E-state index is 6.24. The molecule has 2 nitrogen and oxygen atoms in total. The molecule has 1 N–H and O–H groups in total. The molecule has 2 saturated heterocycles. The van der Waals surface area contributed by atoms with Gasteiger partial charge in [-0.2, -0.15) is 11.8 Å². The van der Waals surface area contributed by atoms with Gasteiger partial charge in [0.15, 0.2) is 0 Å². The van der Waals surface area contributed by atoms with Gasteiger partial charge in [0, 0.05) is 12.6 Å². The van der Waals surface area contributed by atoms with Gasteiger partial charge in [0.25, 0.3) is 0 Å². The molecule has 3 heteroatoms. The number of thioether (sulfide) groups is 1. The van der Waals surface area contributed by atoms with Crippen molar-refractivity contribution in [1.29, 1.82) is 0 Å². The van der Waals surface area contributed by atoms with E-state index in [2.05, 4.69) is 24.1 Å². The van der Waals surface area contributed by atoms with Crippen molar-refractivity contribution in [3.63, 3.8) is 0 Å². The number of ether oxygens (including phenoxy) is 1. The molecule has 3 rings (SSSR count). The van der Waals surface area contributed by atoms with Gasteiger partial charge in [-0.15, -0.1) is 0 Å². The first kappa shape index (κ1) is 14.2. The Morgan fingerprint density at radius 3 is 2.68 bits per heavy atom. The van der Waals surface area contributed by atoms with Crippen molar-refractivity contribution in [2.75, 3.05) is 25.2 Å². The van der Waals surface area contributed by atoms with E-state index < -0.39 is 0 Å². The molecule has 0 aromatic heterocycles. The molecule has 19 heavy (non-hydrogen) atoms. The third-order valence-corrected chi connectivity index (χ3v) is 6.67. The molecule has 2 aliphatic heterocycles. The van der Waals surface area contributed by atoms with E-state index in [1.165, 1.54) is 62.9 Å². The molecule has 2 atom stereocenters. The Kier molecular flexibility index (Phi) is 4.76. The molecule has 2 heterocycles.